The number of hydrogen-bond donors (Lipinski definition) is 1. The number of anilines is 1. The summed E-state index contributed by atoms with van der Waals surface area (Å²) in [4.78, 5) is 29.5. The second-order valence-corrected chi connectivity index (χ2v) is 7.66. The number of carbonyl (C=O) groups is 2. The Morgan fingerprint density at radius 1 is 1.15 bits per heavy atom. The minimum absolute atomic E-state index is 0.0982. The molecule has 1 aromatic carbocycles. The van der Waals surface area contributed by atoms with Crippen LogP contribution in [0.5, 0.6) is 0 Å². The third-order valence-corrected chi connectivity index (χ3v) is 5.63. The Kier molecular flexibility index (Phi) is 5.93. The van der Waals surface area contributed by atoms with E-state index in [1.54, 1.807) is 11.3 Å². The highest BCUT2D eigenvalue weighted by molar-refractivity contribution is 7.10. The summed E-state index contributed by atoms with van der Waals surface area (Å²) in [5, 5.41) is 4.87. The highest BCUT2D eigenvalue weighted by Crippen LogP contribution is 2.24. The predicted molar refractivity (Wildman–Crippen MR) is 105 cm³/mol. The molecule has 1 N–H and O–H groups in total. The zero-order chi connectivity index (χ0) is 18.5. The van der Waals surface area contributed by atoms with E-state index in [1.165, 1.54) is 18.2 Å². The number of nitrogens with one attached hydrogen (secondary N) is 1. The molecule has 5 nitrogen and oxygen atoms in total. The highest BCUT2D eigenvalue weighted by atomic mass is 32.1. The lowest BCUT2D eigenvalue weighted by Gasteiger charge is -2.36. The molecule has 2 amide bonds. The van der Waals surface area contributed by atoms with Crippen LogP contribution in [0.4, 0.5) is 5.69 Å². The van der Waals surface area contributed by atoms with Crippen LogP contribution in [0.3, 0.4) is 0 Å². The van der Waals surface area contributed by atoms with Crippen LogP contribution in [0, 0.1) is 6.92 Å². The van der Waals surface area contributed by atoms with Crippen LogP contribution < -0.4 is 10.2 Å². The van der Waals surface area contributed by atoms with Gasteiger partial charge in [-0.25, -0.2) is 0 Å². The molecule has 3 rings (SSSR count). The number of amides is 2. The molecule has 1 aliphatic rings. The van der Waals surface area contributed by atoms with Gasteiger partial charge in [0.05, 0.1) is 12.5 Å². The van der Waals surface area contributed by atoms with Crippen molar-refractivity contribution in [2.75, 3.05) is 31.1 Å². The van der Waals surface area contributed by atoms with Gasteiger partial charge >= 0.3 is 0 Å². The van der Waals surface area contributed by atoms with Crippen molar-refractivity contribution >= 4 is 28.8 Å². The monoisotopic (exact) mass is 371 g/mol. The lowest BCUT2D eigenvalue weighted by atomic mass is 10.1. The zero-order valence-electron chi connectivity index (χ0n) is 15.3. The first-order valence-electron chi connectivity index (χ1n) is 8.93. The predicted octanol–water partition coefficient (Wildman–Crippen LogP) is 2.97. The fraction of sp³-hybridized carbons (Fsp3) is 0.400. The Bertz CT molecular complexity index is 752. The van der Waals surface area contributed by atoms with E-state index < -0.39 is 0 Å². The van der Waals surface area contributed by atoms with E-state index in [4.69, 9.17) is 0 Å². The Labute approximate surface area is 158 Å². The smallest absolute Gasteiger partial charge is 0.225 e. The Balaban J connectivity index is 1.58. The van der Waals surface area contributed by atoms with E-state index in [-0.39, 0.29) is 17.9 Å². The van der Waals surface area contributed by atoms with Crippen LogP contribution in [0.1, 0.15) is 29.8 Å². The Morgan fingerprint density at radius 2 is 1.92 bits per heavy atom. The van der Waals surface area contributed by atoms with E-state index >= 15 is 0 Å². The lowest BCUT2D eigenvalue weighted by Crippen LogP contribution is -2.49. The first-order chi connectivity index (χ1) is 12.5. The molecule has 0 saturated carbocycles. The van der Waals surface area contributed by atoms with Crippen molar-refractivity contribution in [3.63, 3.8) is 0 Å². The summed E-state index contributed by atoms with van der Waals surface area (Å²) < 4.78 is 0. The number of nitrogens with zero attached hydrogens (tertiary/aromatic N) is 2. The molecule has 26 heavy (non-hydrogen) atoms. The van der Waals surface area contributed by atoms with E-state index in [1.807, 2.05) is 22.4 Å². The van der Waals surface area contributed by atoms with E-state index in [2.05, 4.69) is 41.4 Å². The maximum absolute atomic E-state index is 12.7. The van der Waals surface area contributed by atoms with Gasteiger partial charge in [0.2, 0.25) is 11.8 Å². The molecule has 2 aromatic rings. The van der Waals surface area contributed by atoms with Crippen LogP contribution in [-0.4, -0.2) is 42.9 Å². The second kappa shape index (κ2) is 8.36. The molecule has 1 aliphatic heterocycles. The first-order valence-corrected chi connectivity index (χ1v) is 9.81. The first kappa shape index (κ1) is 18.5. The van der Waals surface area contributed by atoms with E-state index in [9.17, 15) is 9.59 Å². The van der Waals surface area contributed by atoms with Crippen molar-refractivity contribution in [1.82, 2.24) is 10.2 Å². The second-order valence-electron chi connectivity index (χ2n) is 6.68. The van der Waals surface area contributed by atoms with E-state index in [0.717, 1.165) is 18.0 Å². The molecular formula is C20H25N3O2S. The fourth-order valence-electron chi connectivity index (χ4n) is 3.30. The van der Waals surface area contributed by atoms with Crippen molar-refractivity contribution in [1.29, 1.82) is 0 Å². The van der Waals surface area contributed by atoms with Gasteiger partial charge in [0.15, 0.2) is 0 Å². The van der Waals surface area contributed by atoms with Crippen LogP contribution in [-0.2, 0) is 9.59 Å². The fourth-order valence-corrected chi connectivity index (χ4v) is 4.08. The number of benzene rings is 1. The van der Waals surface area contributed by atoms with E-state index in [0.29, 0.717) is 19.5 Å². The zero-order valence-corrected chi connectivity index (χ0v) is 16.1. The molecule has 1 atom stereocenters. The van der Waals surface area contributed by atoms with Crippen LogP contribution in [0.25, 0.3) is 0 Å². The molecular weight excluding hydrogens is 346 g/mol. The highest BCUT2D eigenvalue weighted by Gasteiger charge is 2.25. The van der Waals surface area contributed by atoms with Gasteiger partial charge in [-0.3, -0.25) is 9.59 Å². The van der Waals surface area contributed by atoms with Gasteiger partial charge in [-0.05, 0) is 36.1 Å². The molecule has 1 fully saturated rings. The SMILES string of the molecule is CC(=O)N[C@H](CC(=O)N1CCN(c2cccc(C)c2)CC1)c1cccs1. The van der Waals surface area contributed by atoms with Crippen LogP contribution in [0.15, 0.2) is 41.8 Å². The lowest BCUT2D eigenvalue weighted by molar-refractivity contribution is -0.132. The minimum atomic E-state index is -0.241. The van der Waals surface area contributed by atoms with Crippen molar-refractivity contribution in [3.8, 4) is 0 Å². The summed E-state index contributed by atoms with van der Waals surface area (Å²) in [5.74, 6) is -0.0125. The Hall–Kier alpha value is -2.34. The largest absolute Gasteiger partial charge is 0.368 e. The summed E-state index contributed by atoms with van der Waals surface area (Å²) in [7, 11) is 0. The summed E-state index contributed by atoms with van der Waals surface area (Å²) in [6.45, 7) is 6.67. The molecule has 1 aromatic heterocycles. The number of thiophene rings is 1. The standard InChI is InChI=1S/C20H25N3O2S/c1-15-5-3-6-17(13-15)22-8-10-23(11-9-22)20(25)14-18(21-16(2)24)19-7-4-12-26-19/h3-7,12-13,18H,8-11,14H2,1-2H3,(H,21,24)/t18-/m1/s1. The summed E-state index contributed by atoms with van der Waals surface area (Å²) in [6.07, 6.45) is 0.310. The van der Waals surface area contributed by atoms with Crippen molar-refractivity contribution in [2.45, 2.75) is 26.3 Å². The maximum atomic E-state index is 12.7. The van der Waals surface area contributed by atoms with Gasteiger partial charge in [-0.1, -0.05) is 18.2 Å². The third-order valence-electron chi connectivity index (χ3n) is 4.64. The molecule has 6 heteroatoms. The molecule has 1 saturated heterocycles. The van der Waals surface area contributed by atoms with Gasteiger partial charge in [0.1, 0.15) is 0 Å². The number of hydrogen-bond acceptors (Lipinski definition) is 4. The average molecular weight is 372 g/mol. The topological polar surface area (TPSA) is 52.7 Å². The molecule has 0 bridgehead atoms. The molecule has 0 aliphatic carbocycles. The van der Waals surface area contributed by atoms with Gasteiger partial charge < -0.3 is 15.1 Å². The third kappa shape index (κ3) is 4.64. The summed E-state index contributed by atoms with van der Waals surface area (Å²) >= 11 is 1.57. The summed E-state index contributed by atoms with van der Waals surface area (Å²) in [5.41, 5.74) is 2.46. The van der Waals surface area contributed by atoms with Crippen molar-refractivity contribution < 1.29 is 9.59 Å². The molecule has 138 valence electrons. The van der Waals surface area contributed by atoms with Gasteiger partial charge in [0.25, 0.3) is 0 Å². The average Bonchev–Trinajstić information content (AvgIpc) is 3.15. The van der Waals surface area contributed by atoms with Crippen molar-refractivity contribution in [2.24, 2.45) is 0 Å². The molecule has 0 radical (unpaired) electrons. The van der Waals surface area contributed by atoms with Gasteiger partial charge in [-0.2, -0.15) is 0 Å². The number of aryl methyl sites for hydroxylation is 1. The summed E-state index contributed by atoms with van der Waals surface area (Å²) in [6, 6.07) is 12.1. The molecule has 0 unspecified atom stereocenters. The number of carbonyl (C=O) groups excluding carboxylic acids is 2. The number of piperazine rings is 1. The minimum Gasteiger partial charge on any atom is -0.368 e. The Morgan fingerprint density at radius 3 is 2.54 bits per heavy atom. The maximum Gasteiger partial charge on any atom is 0.225 e. The van der Waals surface area contributed by atoms with Crippen LogP contribution >= 0.6 is 11.3 Å². The van der Waals surface area contributed by atoms with Gasteiger partial charge in [0, 0.05) is 43.7 Å². The van der Waals surface area contributed by atoms with Crippen molar-refractivity contribution in [3.05, 3.63) is 52.2 Å². The molecule has 2 heterocycles. The quantitative estimate of drug-likeness (QED) is 0.879. The molecule has 0 spiro atoms. The van der Waals surface area contributed by atoms with Crippen LogP contribution in [0.2, 0.25) is 0 Å². The normalized spacial score (nSPS) is 15.6. The van der Waals surface area contributed by atoms with Gasteiger partial charge in [-0.15, -0.1) is 11.3 Å². The number of rotatable bonds is 5.